The molecule has 1 aromatic rings. The smallest absolute Gasteiger partial charge is 0.230 e. The lowest BCUT2D eigenvalue weighted by molar-refractivity contribution is -0.119. The molecular weight excluding hydrogens is 302 g/mol. The molecule has 1 aliphatic carbocycles. The lowest BCUT2D eigenvalue weighted by Gasteiger charge is -2.36. The van der Waals surface area contributed by atoms with E-state index in [1.165, 1.54) is 25.7 Å². The Morgan fingerprint density at radius 1 is 1.48 bits per heavy atom. The molecule has 21 heavy (non-hydrogen) atoms. The molecule has 0 atom stereocenters. The van der Waals surface area contributed by atoms with Crippen molar-refractivity contribution < 1.29 is 4.79 Å². The van der Waals surface area contributed by atoms with E-state index in [1.54, 1.807) is 23.1 Å². The zero-order valence-corrected chi connectivity index (χ0v) is 14.8. The maximum atomic E-state index is 12.0. The summed E-state index contributed by atoms with van der Waals surface area (Å²) in [7, 11) is 4.24. The highest BCUT2D eigenvalue weighted by Gasteiger charge is 2.35. The molecule has 4 nitrogen and oxygen atoms in total. The first kappa shape index (κ1) is 16.8. The number of carbonyl (C=O) groups is 1. The summed E-state index contributed by atoms with van der Waals surface area (Å²) < 4.78 is 0. The summed E-state index contributed by atoms with van der Waals surface area (Å²) in [4.78, 5) is 18.7. The first-order valence-corrected chi connectivity index (χ1v) is 9.48. The van der Waals surface area contributed by atoms with Gasteiger partial charge in [0.15, 0.2) is 0 Å². The largest absolute Gasteiger partial charge is 0.354 e. The molecule has 6 heteroatoms. The van der Waals surface area contributed by atoms with Crippen molar-refractivity contribution in [1.29, 1.82) is 0 Å². The third-order valence-electron chi connectivity index (χ3n) is 4.25. The van der Waals surface area contributed by atoms with Gasteiger partial charge in [-0.25, -0.2) is 4.98 Å². The number of thioether (sulfide) groups is 1. The van der Waals surface area contributed by atoms with Crippen molar-refractivity contribution >= 4 is 29.0 Å². The van der Waals surface area contributed by atoms with Crippen LogP contribution >= 0.6 is 23.1 Å². The van der Waals surface area contributed by atoms with E-state index in [2.05, 4.69) is 34.7 Å². The summed E-state index contributed by atoms with van der Waals surface area (Å²) >= 11 is 3.30. The van der Waals surface area contributed by atoms with Crippen molar-refractivity contribution in [1.82, 2.24) is 15.2 Å². The van der Waals surface area contributed by atoms with Gasteiger partial charge >= 0.3 is 0 Å². The van der Waals surface area contributed by atoms with Gasteiger partial charge in [-0.1, -0.05) is 12.8 Å². The second-order valence-electron chi connectivity index (χ2n) is 5.95. The first-order chi connectivity index (χ1) is 10.0. The van der Waals surface area contributed by atoms with E-state index in [9.17, 15) is 4.79 Å². The van der Waals surface area contributed by atoms with E-state index in [-0.39, 0.29) is 11.4 Å². The van der Waals surface area contributed by atoms with Crippen LogP contribution in [0.3, 0.4) is 0 Å². The van der Waals surface area contributed by atoms with Gasteiger partial charge in [0.1, 0.15) is 0 Å². The Morgan fingerprint density at radius 3 is 2.76 bits per heavy atom. The molecule has 0 spiro atoms. The Bertz CT molecular complexity index is 467. The molecule has 0 aliphatic heterocycles. The predicted molar refractivity (Wildman–Crippen MR) is 90.9 cm³/mol. The van der Waals surface area contributed by atoms with Crippen LogP contribution < -0.4 is 5.32 Å². The van der Waals surface area contributed by atoms with Gasteiger partial charge in [0.05, 0.1) is 16.5 Å². The van der Waals surface area contributed by atoms with E-state index in [4.69, 9.17) is 0 Å². The molecular formula is C15H25N3OS2. The zero-order valence-electron chi connectivity index (χ0n) is 13.1. The van der Waals surface area contributed by atoms with Crippen molar-refractivity contribution in [2.24, 2.45) is 0 Å². The minimum Gasteiger partial charge on any atom is -0.354 e. The molecule has 1 fully saturated rings. The monoisotopic (exact) mass is 327 g/mol. The van der Waals surface area contributed by atoms with Gasteiger partial charge in [-0.3, -0.25) is 4.79 Å². The Kier molecular flexibility index (Phi) is 6.08. The molecule has 1 N–H and O–H groups in total. The number of hydrogen-bond donors (Lipinski definition) is 1. The van der Waals surface area contributed by atoms with Crippen molar-refractivity contribution in [3.8, 4) is 0 Å². The average molecular weight is 328 g/mol. The summed E-state index contributed by atoms with van der Waals surface area (Å²) in [6, 6.07) is 0. The van der Waals surface area contributed by atoms with Crippen molar-refractivity contribution in [3.63, 3.8) is 0 Å². The Morgan fingerprint density at radius 2 is 2.19 bits per heavy atom. The first-order valence-electron chi connectivity index (χ1n) is 7.45. The van der Waals surface area contributed by atoms with E-state index in [0.29, 0.717) is 5.75 Å². The molecule has 2 rings (SSSR count). The fraction of sp³-hybridized carbons (Fsp3) is 0.733. The number of nitrogens with one attached hydrogen (secondary N) is 1. The summed E-state index contributed by atoms with van der Waals surface area (Å²) in [5.41, 5.74) is 1.25. The third kappa shape index (κ3) is 4.69. The van der Waals surface area contributed by atoms with Crippen molar-refractivity contribution in [2.75, 3.05) is 26.4 Å². The fourth-order valence-electron chi connectivity index (χ4n) is 2.85. The minimum absolute atomic E-state index is 0.139. The van der Waals surface area contributed by atoms with E-state index in [1.807, 2.05) is 6.92 Å². The Labute approximate surface area is 135 Å². The van der Waals surface area contributed by atoms with Crippen LogP contribution in [0.4, 0.5) is 0 Å². The van der Waals surface area contributed by atoms with Crippen molar-refractivity contribution in [2.45, 2.75) is 43.9 Å². The number of nitrogens with zero attached hydrogens (tertiary/aromatic N) is 2. The highest BCUT2D eigenvalue weighted by atomic mass is 32.2. The third-order valence-corrected chi connectivity index (χ3v) is 6.04. The van der Waals surface area contributed by atoms with Crippen LogP contribution in [0.25, 0.3) is 0 Å². The minimum atomic E-state index is 0.139. The van der Waals surface area contributed by atoms with E-state index < -0.39 is 0 Å². The molecule has 1 aromatic heterocycles. The molecule has 1 amide bonds. The summed E-state index contributed by atoms with van der Waals surface area (Å²) in [5, 5.41) is 6.28. The van der Waals surface area contributed by atoms with Crippen LogP contribution in [0.1, 0.15) is 36.4 Å². The standard InChI is InChI=1S/C15H25N3OS2/c1-12-17-13(9-21-12)8-20-10-14(19)16-11-15(18(2)3)6-4-5-7-15/h9H,4-8,10-11H2,1-3H3,(H,16,19). The predicted octanol–water partition coefficient (Wildman–Crippen LogP) is 2.68. The second-order valence-corrected chi connectivity index (χ2v) is 8.00. The maximum absolute atomic E-state index is 12.0. The maximum Gasteiger partial charge on any atom is 0.230 e. The van der Waals surface area contributed by atoms with Gasteiger partial charge in [0, 0.05) is 23.2 Å². The summed E-state index contributed by atoms with van der Waals surface area (Å²) in [5.74, 6) is 1.47. The molecule has 1 heterocycles. The molecule has 118 valence electrons. The molecule has 1 aliphatic rings. The van der Waals surface area contributed by atoms with Gasteiger partial charge in [0.25, 0.3) is 0 Å². The number of thiazole rings is 1. The van der Waals surface area contributed by atoms with Crippen LogP contribution in [0, 0.1) is 6.92 Å². The number of hydrogen-bond acceptors (Lipinski definition) is 5. The number of likely N-dealkylation sites (N-methyl/N-ethyl adjacent to an activating group) is 1. The number of aromatic nitrogens is 1. The van der Waals surface area contributed by atoms with Gasteiger partial charge in [0.2, 0.25) is 5.91 Å². The van der Waals surface area contributed by atoms with Gasteiger partial charge in [-0.2, -0.15) is 0 Å². The molecule has 0 bridgehead atoms. The number of rotatable bonds is 7. The van der Waals surface area contributed by atoms with Gasteiger partial charge in [-0.15, -0.1) is 23.1 Å². The lowest BCUT2D eigenvalue weighted by Crippen LogP contribution is -2.51. The van der Waals surface area contributed by atoms with Crippen LogP contribution in [-0.2, 0) is 10.5 Å². The average Bonchev–Trinajstić information content (AvgIpc) is 3.06. The molecule has 0 radical (unpaired) electrons. The Hall–Kier alpha value is -0.590. The highest BCUT2D eigenvalue weighted by Crippen LogP contribution is 2.33. The van der Waals surface area contributed by atoms with E-state index in [0.717, 1.165) is 23.0 Å². The topological polar surface area (TPSA) is 45.2 Å². The van der Waals surface area contributed by atoms with Crippen LogP contribution in [-0.4, -0.2) is 47.7 Å². The number of aryl methyl sites for hydroxylation is 1. The van der Waals surface area contributed by atoms with Crippen LogP contribution in [0.2, 0.25) is 0 Å². The van der Waals surface area contributed by atoms with Gasteiger partial charge in [-0.05, 0) is 33.9 Å². The normalized spacial score (nSPS) is 17.3. The molecule has 0 aromatic carbocycles. The quantitative estimate of drug-likeness (QED) is 0.836. The SMILES string of the molecule is Cc1nc(CSCC(=O)NCC2(N(C)C)CCCC2)cs1. The molecule has 1 saturated carbocycles. The second kappa shape index (κ2) is 7.61. The lowest BCUT2D eigenvalue weighted by atomic mass is 9.96. The van der Waals surface area contributed by atoms with Crippen LogP contribution in [0.5, 0.6) is 0 Å². The van der Waals surface area contributed by atoms with Gasteiger partial charge < -0.3 is 10.2 Å². The highest BCUT2D eigenvalue weighted by molar-refractivity contribution is 7.99. The summed E-state index contributed by atoms with van der Waals surface area (Å²) in [6.07, 6.45) is 4.91. The zero-order chi connectivity index (χ0) is 15.3. The number of carbonyl (C=O) groups excluding carboxylic acids is 1. The summed E-state index contributed by atoms with van der Waals surface area (Å²) in [6.45, 7) is 2.78. The van der Waals surface area contributed by atoms with Crippen LogP contribution in [0.15, 0.2) is 5.38 Å². The van der Waals surface area contributed by atoms with Crippen molar-refractivity contribution in [3.05, 3.63) is 16.1 Å². The van der Waals surface area contributed by atoms with E-state index >= 15 is 0 Å². The molecule has 0 saturated heterocycles. The molecule has 0 unspecified atom stereocenters. The fourth-order valence-corrected chi connectivity index (χ4v) is 4.32. The number of amides is 1. The Balaban J connectivity index is 1.69.